The van der Waals surface area contributed by atoms with E-state index >= 15 is 0 Å². The number of benzene rings is 1. The Morgan fingerprint density at radius 3 is 2.52 bits per heavy atom. The lowest BCUT2D eigenvalue weighted by Crippen LogP contribution is -2.45. The van der Waals surface area contributed by atoms with Crippen LogP contribution in [0.15, 0.2) is 57.0 Å². The minimum atomic E-state index is -3.20. The van der Waals surface area contributed by atoms with E-state index in [2.05, 4.69) is 20.5 Å². The minimum absolute atomic E-state index is 0.165. The van der Waals surface area contributed by atoms with E-state index in [4.69, 9.17) is 9.15 Å². The molecule has 1 aromatic heterocycles. The van der Waals surface area contributed by atoms with Crippen molar-refractivity contribution >= 4 is 15.8 Å². The first kappa shape index (κ1) is 23.1. The van der Waals surface area contributed by atoms with Crippen molar-refractivity contribution < 1.29 is 17.6 Å². The molecule has 1 fully saturated rings. The molecule has 1 aliphatic rings. The zero-order valence-corrected chi connectivity index (χ0v) is 19.0. The second-order valence-electron chi connectivity index (χ2n) is 7.60. The lowest BCUT2D eigenvalue weighted by molar-refractivity contribution is 0.146. The number of nitrogens with zero attached hydrogens (tertiary/aromatic N) is 2. The number of hydrogen-bond acceptors (Lipinski definition) is 6. The number of hydrogen-bond donors (Lipinski definition) is 2. The van der Waals surface area contributed by atoms with E-state index in [1.807, 2.05) is 12.1 Å². The lowest BCUT2D eigenvalue weighted by Gasteiger charge is -2.33. The van der Waals surface area contributed by atoms with Crippen LogP contribution in [0.5, 0.6) is 5.75 Å². The van der Waals surface area contributed by atoms with Crippen LogP contribution >= 0.6 is 0 Å². The Balaban J connectivity index is 1.45. The van der Waals surface area contributed by atoms with Gasteiger partial charge in [0, 0.05) is 19.8 Å². The molecule has 3 rings (SSSR count). The van der Waals surface area contributed by atoms with Gasteiger partial charge in [-0.05, 0) is 62.3 Å². The van der Waals surface area contributed by atoms with E-state index in [0.29, 0.717) is 31.4 Å². The third kappa shape index (κ3) is 7.00. The third-order valence-corrected chi connectivity index (χ3v) is 6.43. The van der Waals surface area contributed by atoms with Crippen LogP contribution in [-0.4, -0.2) is 65.4 Å². The fourth-order valence-corrected chi connectivity index (χ4v) is 4.29. The van der Waals surface area contributed by atoms with E-state index in [1.165, 1.54) is 25.5 Å². The highest BCUT2D eigenvalue weighted by Gasteiger charge is 2.24. The molecule has 2 heterocycles. The van der Waals surface area contributed by atoms with Gasteiger partial charge >= 0.3 is 0 Å². The first-order chi connectivity index (χ1) is 15.0. The van der Waals surface area contributed by atoms with Gasteiger partial charge in [-0.2, -0.15) is 0 Å². The number of aliphatic imine (C=N–C) groups is 1. The summed E-state index contributed by atoms with van der Waals surface area (Å²) in [7, 11) is -1.46. The minimum Gasteiger partial charge on any atom is -0.492 e. The summed E-state index contributed by atoms with van der Waals surface area (Å²) in [6, 6.07) is 10.5. The molecule has 1 aromatic carbocycles. The van der Waals surface area contributed by atoms with Crippen LogP contribution in [0.1, 0.15) is 31.1 Å². The maximum Gasteiger partial charge on any atom is 0.191 e. The molecule has 0 spiro atoms. The average Bonchev–Trinajstić information content (AvgIpc) is 3.30. The zero-order valence-electron chi connectivity index (χ0n) is 18.2. The maximum absolute atomic E-state index is 11.5. The summed E-state index contributed by atoms with van der Waals surface area (Å²) in [5, 5.41) is 6.64. The Morgan fingerprint density at radius 2 is 1.90 bits per heavy atom. The van der Waals surface area contributed by atoms with Crippen molar-refractivity contribution in [2.75, 3.05) is 46.1 Å². The smallest absolute Gasteiger partial charge is 0.191 e. The standard InChI is InChI=1S/C22H32N4O4S/c1-23-22(24-12-16-29-18-8-10-19(11-9-18)31(2,27)28)25-17-20(21-7-6-15-30-21)26-13-4-3-5-14-26/h6-11,15,20H,3-5,12-14,16-17H2,1-2H3,(H2,23,24,25). The lowest BCUT2D eigenvalue weighted by atomic mass is 10.1. The summed E-state index contributed by atoms with van der Waals surface area (Å²) >= 11 is 0. The number of likely N-dealkylation sites (tertiary alicyclic amines) is 1. The van der Waals surface area contributed by atoms with E-state index in [9.17, 15) is 8.42 Å². The molecular weight excluding hydrogens is 416 g/mol. The first-order valence-electron chi connectivity index (χ1n) is 10.6. The number of piperidine rings is 1. The normalized spacial score (nSPS) is 16.6. The molecule has 31 heavy (non-hydrogen) atoms. The van der Waals surface area contributed by atoms with Gasteiger partial charge in [-0.3, -0.25) is 9.89 Å². The van der Waals surface area contributed by atoms with Crippen LogP contribution in [0.4, 0.5) is 0 Å². The molecule has 0 radical (unpaired) electrons. The average molecular weight is 449 g/mol. The molecule has 0 amide bonds. The highest BCUT2D eigenvalue weighted by molar-refractivity contribution is 7.90. The highest BCUT2D eigenvalue weighted by Crippen LogP contribution is 2.24. The van der Waals surface area contributed by atoms with Crippen LogP contribution in [0, 0.1) is 0 Å². The Kier molecular flexibility index (Phi) is 8.36. The summed E-state index contributed by atoms with van der Waals surface area (Å²) in [6.07, 6.45) is 6.63. The van der Waals surface area contributed by atoms with Crippen LogP contribution < -0.4 is 15.4 Å². The van der Waals surface area contributed by atoms with Crippen LogP contribution in [-0.2, 0) is 9.84 Å². The molecule has 0 aliphatic carbocycles. The van der Waals surface area contributed by atoms with Gasteiger partial charge in [-0.1, -0.05) is 6.42 Å². The molecule has 1 saturated heterocycles. The summed E-state index contributed by atoms with van der Waals surface area (Å²) < 4.78 is 34.4. The van der Waals surface area contributed by atoms with Crippen molar-refractivity contribution in [1.29, 1.82) is 0 Å². The fourth-order valence-electron chi connectivity index (χ4n) is 3.66. The van der Waals surface area contributed by atoms with Crippen molar-refractivity contribution in [1.82, 2.24) is 15.5 Å². The Hall–Kier alpha value is -2.52. The van der Waals surface area contributed by atoms with Crippen molar-refractivity contribution in [3.05, 3.63) is 48.4 Å². The Labute approximate surface area is 184 Å². The molecule has 8 nitrogen and oxygen atoms in total. The summed E-state index contributed by atoms with van der Waals surface area (Å²) in [6.45, 7) is 3.83. The van der Waals surface area contributed by atoms with Crippen molar-refractivity contribution in [3.63, 3.8) is 0 Å². The number of ether oxygens (including phenoxy) is 1. The molecule has 9 heteroatoms. The molecule has 1 atom stereocenters. The van der Waals surface area contributed by atoms with E-state index in [0.717, 1.165) is 18.8 Å². The SMILES string of the molecule is CN=C(NCCOc1ccc(S(C)(=O)=O)cc1)NCC(c1ccco1)N1CCCCC1. The van der Waals surface area contributed by atoms with Gasteiger partial charge in [0.25, 0.3) is 0 Å². The molecule has 170 valence electrons. The molecule has 1 unspecified atom stereocenters. The largest absolute Gasteiger partial charge is 0.492 e. The molecule has 0 saturated carbocycles. The van der Waals surface area contributed by atoms with E-state index in [-0.39, 0.29) is 10.9 Å². The molecule has 1 aliphatic heterocycles. The van der Waals surface area contributed by atoms with Crippen LogP contribution in [0.25, 0.3) is 0 Å². The van der Waals surface area contributed by atoms with Crippen molar-refractivity contribution in [3.8, 4) is 5.75 Å². The van der Waals surface area contributed by atoms with Gasteiger partial charge in [0.2, 0.25) is 0 Å². The monoisotopic (exact) mass is 448 g/mol. The molecule has 0 bridgehead atoms. The number of nitrogens with one attached hydrogen (secondary N) is 2. The first-order valence-corrected chi connectivity index (χ1v) is 12.5. The van der Waals surface area contributed by atoms with Crippen molar-refractivity contribution in [2.45, 2.75) is 30.2 Å². The predicted octanol–water partition coefficient (Wildman–Crippen LogP) is 2.45. The number of furan rings is 1. The highest BCUT2D eigenvalue weighted by atomic mass is 32.2. The summed E-state index contributed by atoms with van der Waals surface area (Å²) in [5.41, 5.74) is 0. The van der Waals surface area contributed by atoms with Gasteiger partial charge < -0.3 is 19.8 Å². The molecule has 2 aromatic rings. The quantitative estimate of drug-likeness (QED) is 0.346. The molecule has 2 N–H and O–H groups in total. The van der Waals surface area contributed by atoms with Gasteiger partial charge in [0.05, 0.1) is 23.7 Å². The second kappa shape index (κ2) is 11.2. The van der Waals surface area contributed by atoms with Gasteiger partial charge in [-0.25, -0.2) is 8.42 Å². The Morgan fingerprint density at radius 1 is 1.16 bits per heavy atom. The number of guanidine groups is 1. The summed E-state index contributed by atoms with van der Waals surface area (Å²) in [4.78, 5) is 7.04. The van der Waals surface area contributed by atoms with Crippen LogP contribution in [0.2, 0.25) is 0 Å². The van der Waals surface area contributed by atoms with E-state index < -0.39 is 9.84 Å². The number of sulfone groups is 1. The van der Waals surface area contributed by atoms with E-state index in [1.54, 1.807) is 37.6 Å². The van der Waals surface area contributed by atoms with Gasteiger partial charge in [-0.15, -0.1) is 0 Å². The zero-order chi connectivity index (χ0) is 22.1. The van der Waals surface area contributed by atoms with Gasteiger partial charge in [0.15, 0.2) is 15.8 Å². The van der Waals surface area contributed by atoms with Gasteiger partial charge in [0.1, 0.15) is 18.1 Å². The van der Waals surface area contributed by atoms with Crippen LogP contribution in [0.3, 0.4) is 0 Å². The molecular formula is C22H32N4O4S. The maximum atomic E-state index is 11.5. The fraction of sp³-hybridized carbons (Fsp3) is 0.500. The predicted molar refractivity (Wildman–Crippen MR) is 121 cm³/mol. The topological polar surface area (TPSA) is 96.2 Å². The third-order valence-electron chi connectivity index (χ3n) is 5.30. The Bertz CT molecular complexity index is 921. The van der Waals surface area contributed by atoms with Crippen molar-refractivity contribution in [2.24, 2.45) is 4.99 Å². The number of rotatable bonds is 9. The summed E-state index contributed by atoms with van der Waals surface area (Å²) in [5.74, 6) is 2.29. The second-order valence-corrected chi connectivity index (χ2v) is 9.62.